The number of hydrogen-bond acceptors (Lipinski definition) is 3. The van der Waals surface area contributed by atoms with E-state index in [-0.39, 0.29) is 26.1 Å². The minimum absolute atomic E-state index is 0.0824. The zero-order valence-electron chi connectivity index (χ0n) is 10.3. The zero-order valence-corrected chi connectivity index (χ0v) is 10.3. The largest absolute Gasteiger partial charge is 0.444 e. The number of amides is 1. The monoisotopic (exact) mass is 244 g/mol. The summed E-state index contributed by atoms with van der Waals surface area (Å²) in [6, 6.07) is 0. The third-order valence-electron chi connectivity index (χ3n) is 2.37. The number of likely N-dealkylation sites (tertiary alicyclic amines) is 1. The van der Waals surface area contributed by atoms with Gasteiger partial charge >= 0.3 is 6.09 Å². The first-order valence-corrected chi connectivity index (χ1v) is 5.43. The Kier molecular flexibility index (Phi) is 3.83. The van der Waals surface area contributed by atoms with Gasteiger partial charge in [-0.25, -0.2) is 9.18 Å². The Morgan fingerprint density at radius 3 is 2.82 bits per heavy atom. The highest BCUT2D eigenvalue weighted by molar-refractivity contribution is 5.68. The molecule has 0 aliphatic carbocycles. The Morgan fingerprint density at radius 1 is 1.65 bits per heavy atom. The van der Waals surface area contributed by atoms with E-state index in [0.717, 1.165) is 0 Å². The second-order valence-corrected chi connectivity index (χ2v) is 5.19. The Bertz CT molecular complexity index is 349. The Balaban J connectivity index is 2.55. The second kappa shape index (κ2) is 4.79. The predicted molar refractivity (Wildman–Crippen MR) is 60.3 cm³/mol. The molecule has 0 N–H and O–H groups in total. The van der Waals surface area contributed by atoms with Crippen LogP contribution in [0, 0.1) is 0 Å². The number of halogens is 1. The van der Waals surface area contributed by atoms with Crippen LogP contribution < -0.4 is 0 Å². The number of nitrogens with zero attached hydrogens (tertiary/aromatic N) is 4. The van der Waals surface area contributed by atoms with Gasteiger partial charge in [0.2, 0.25) is 0 Å². The number of carbonyl (C=O) groups is 1. The van der Waals surface area contributed by atoms with Gasteiger partial charge in [0.15, 0.2) is 0 Å². The lowest BCUT2D eigenvalue weighted by Gasteiger charge is -2.25. The quantitative estimate of drug-likeness (QED) is 0.425. The molecule has 96 valence electrons. The molecule has 0 aromatic carbocycles. The van der Waals surface area contributed by atoms with Crippen LogP contribution in [-0.4, -0.2) is 41.9 Å². The molecule has 1 heterocycles. The highest BCUT2D eigenvalue weighted by atomic mass is 19.1. The van der Waals surface area contributed by atoms with Gasteiger partial charge in [-0.05, 0) is 26.3 Å². The number of alkyl halides is 1. The van der Waals surface area contributed by atoms with Crippen LogP contribution >= 0.6 is 0 Å². The van der Waals surface area contributed by atoms with E-state index in [1.807, 2.05) is 0 Å². The van der Waals surface area contributed by atoms with E-state index in [4.69, 9.17) is 10.3 Å². The molecule has 17 heavy (non-hydrogen) atoms. The lowest BCUT2D eigenvalue weighted by Crippen LogP contribution is -2.38. The van der Waals surface area contributed by atoms with Crippen molar-refractivity contribution in [2.75, 3.05) is 19.6 Å². The highest BCUT2D eigenvalue weighted by Crippen LogP contribution is 2.27. The van der Waals surface area contributed by atoms with Crippen LogP contribution in [0.5, 0.6) is 0 Å². The molecule has 1 amide bonds. The SMILES string of the molecule is CC(C)(C)OC(=O)N1CCC(F)(CN=[N+]=[N-])C1. The fraction of sp³-hybridized carbons (Fsp3) is 0.900. The fourth-order valence-electron chi connectivity index (χ4n) is 1.61. The second-order valence-electron chi connectivity index (χ2n) is 5.19. The molecule has 0 radical (unpaired) electrons. The van der Waals surface area contributed by atoms with Crippen LogP contribution in [-0.2, 0) is 4.74 Å². The zero-order chi connectivity index (χ0) is 13.1. The van der Waals surface area contributed by atoms with Gasteiger partial charge in [-0.3, -0.25) is 0 Å². The van der Waals surface area contributed by atoms with Crippen LogP contribution in [0.2, 0.25) is 0 Å². The molecule has 1 aliphatic heterocycles. The Morgan fingerprint density at radius 2 is 2.29 bits per heavy atom. The van der Waals surface area contributed by atoms with Crippen molar-refractivity contribution in [3.63, 3.8) is 0 Å². The maximum atomic E-state index is 14.0. The average molecular weight is 244 g/mol. The minimum atomic E-state index is -1.62. The average Bonchev–Trinajstić information content (AvgIpc) is 2.56. The van der Waals surface area contributed by atoms with Gasteiger partial charge < -0.3 is 9.64 Å². The summed E-state index contributed by atoms with van der Waals surface area (Å²) in [6.07, 6.45) is -0.358. The van der Waals surface area contributed by atoms with Gasteiger partial charge in [0.1, 0.15) is 11.3 Å². The predicted octanol–water partition coefficient (Wildman–Crippen LogP) is 2.65. The van der Waals surface area contributed by atoms with E-state index in [0.29, 0.717) is 0 Å². The van der Waals surface area contributed by atoms with Gasteiger partial charge in [0.25, 0.3) is 0 Å². The van der Waals surface area contributed by atoms with Crippen molar-refractivity contribution in [3.8, 4) is 0 Å². The first-order valence-electron chi connectivity index (χ1n) is 5.43. The van der Waals surface area contributed by atoms with Crippen molar-refractivity contribution in [3.05, 3.63) is 10.4 Å². The number of rotatable bonds is 2. The molecule has 1 rings (SSSR count). The van der Waals surface area contributed by atoms with Gasteiger partial charge in [0, 0.05) is 17.9 Å². The normalized spacial score (nSPS) is 24.4. The summed E-state index contributed by atoms with van der Waals surface area (Å²) in [6.45, 7) is 5.22. The third kappa shape index (κ3) is 4.11. The van der Waals surface area contributed by atoms with Crippen LogP contribution in [0.25, 0.3) is 10.4 Å². The number of hydrogen-bond donors (Lipinski definition) is 0. The summed E-state index contributed by atoms with van der Waals surface area (Å²) in [5.41, 5.74) is 5.94. The Hall–Kier alpha value is -1.49. The summed E-state index contributed by atoms with van der Waals surface area (Å²) >= 11 is 0. The van der Waals surface area contributed by atoms with E-state index in [1.165, 1.54) is 4.90 Å². The molecule has 0 saturated carbocycles. The molecule has 0 bridgehead atoms. The van der Waals surface area contributed by atoms with Gasteiger partial charge in [0.05, 0.1) is 13.1 Å². The van der Waals surface area contributed by atoms with E-state index < -0.39 is 17.4 Å². The molecule has 1 atom stereocenters. The molecule has 7 heteroatoms. The summed E-state index contributed by atoms with van der Waals surface area (Å²) in [4.78, 5) is 15.5. The third-order valence-corrected chi connectivity index (χ3v) is 2.37. The van der Waals surface area contributed by atoms with Crippen molar-refractivity contribution in [2.45, 2.75) is 38.5 Å². The summed E-state index contributed by atoms with van der Waals surface area (Å²) < 4.78 is 19.2. The molecular formula is C10H17FN4O2. The van der Waals surface area contributed by atoms with Crippen molar-refractivity contribution < 1.29 is 13.9 Å². The summed E-state index contributed by atoms with van der Waals surface area (Å²) in [5, 5.41) is 3.22. The summed E-state index contributed by atoms with van der Waals surface area (Å²) in [5.74, 6) is 0. The molecule has 0 spiro atoms. The first-order chi connectivity index (χ1) is 7.76. The molecular weight excluding hydrogens is 227 g/mol. The van der Waals surface area contributed by atoms with Crippen LogP contribution in [0.15, 0.2) is 5.11 Å². The first kappa shape index (κ1) is 13.6. The topological polar surface area (TPSA) is 78.3 Å². The standard InChI is InChI=1S/C10H17FN4O2/c1-9(2,3)17-8(16)15-5-4-10(11,7-15)6-13-14-12/h4-7H2,1-3H3. The molecule has 1 unspecified atom stereocenters. The fourth-order valence-corrected chi connectivity index (χ4v) is 1.61. The number of ether oxygens (including phenoxy) is 1. The van der Waals surface area contributed by atoms with E-state index in [2.05, 4.69) is 10.0 Å². The molecule has 6 nitrogen and oxygen atoms in total. The number of azide groups is 1. The summed E-state index contributed by atoms with van der Waals surface area (Å²) in [7, 11) is 0. The van der Waals surface area contributed by atoms with Gasteiger partial charge in [-0.2, -0.15) is 0 Å². The lowest BCUT2D eigenvalue weighted by molar-refractivity contribution is 0.0261. The molecule has 1 fully saturated rings. The number of carbonyl (C=O) groups excluding carboxylic acids is 1. The lowest BCUT2D eigenvalue weighted by atomic mass is 10.1. The Labute approximate surface area is 99.4 Å². The van der Waals surface area contributed by atoms with Crippen molar-refractivity contribution in [2.24, 2.45) is 5.11 Å². The van der Waals surface area contributed by atoms with E-state index >= 15 is 0 Å². The molecule has 1 saturated heterocycles. The van der Waals surface area contributed by atoms with Crippen molar-refractivity contribution >= 4 is 6.09 Å². The van der Waals surface area contributed by atoms with Gasteiger partial charge in [-0.1, -0.05) is 5.11 Å². The van der Waals surface area contributed by atoms with Crippen LogP contribution in [0.4, 0.5) is 9.18 Å². The van der Waals surface area contributed by atoms with Gasteiger partial charge in [-0.15, -0.1) is 0 Å². The maximum Gasteiger partial charge on any atom is 0.410 e. The van der Waals surface area contributed by atoms with Crippen LogP contribution in [0.3, 0.4) is 0 Å². The smallest absolute Gasteiger partial charge is 0.410 e. The van der Waals surface area contributed by atoms with Crippen molar-refractivity contribution in [1.29, 1.82) is 0 Å². The van der Waals surface area contributed by atoms with Crippen molar-refractivity contribution in [1.82, 2.24) is 4.90 Å². The maximum absolute atomic E-state index is 14.0. The highest BCUT2D eigenvalue weighted by Gasteiger charge is 2.41. The molecule has 0 aromatic heterocycles. The molecule has 1 aliphatic rings. The van der Waals surface area contributed by atoms with Crippen LogP contribution in [0.1, 0.15) is 27.2 Å². The van der Waals surface area contributed by atoms with E-state index in [9.17, 15) is 9.18 Å². The van der Waals surface area contributed by atoms with E-state index in [1.54, 1.807) is 20.8 Å². The molecule has 0 aromatic rings. The minimum Gasteiger partial charge on any atom is -0.444 e.